The van der Waals surface area contributed by atoms with Crippen LogP contribution in [0.1, 0.15) is 70.5 Å². The maximum absolute atomic E-state index is 14.1. The van der Waals surface area contributed by atoms with Gasteiger partial charge in [-0.2, -0.15) is 18.3 Å². The molecule has 2 aromatic carbocycles. The number of hydrogen-bond acceptors (Lipinski definition) is 5. The fraction of sp³-hybridized carbons (Fsp3) is 0.444. The Kier molecular flexibility index (Phi) is 5.83. The number of benzene rings is 2. The minimum absolute atomic E-state index is 0.0284. The summed E-state index contributed by atoms with van der Waals surface area (Å²) in [6.07, 6.45) is -0.00755. The lowest BCUT2D eigenvalue weighted by atomic mass is 9.78. The zero-order valence-corrected chi connectivity index (χ0v) is 20.4. The molecule has 6 rings (SSSR count). The molecule has 3 aliphatic rings. The number of hydrogen-bond donors (Lipinski definition) is 2. The summed E-state index contributed by atoms with van der Waals surface area (Å²) in [6, 6.07) is 10.2. The van der Waals surface area contributed by atoms with Crippen LogP contribution in [0.15, 0.2) is 42.7 Å². The van der Waals surface area contributed by atoms with Gasteiger partial charge < -0.3 is 15.0 Å². The van der Waals surface area contributed by atoms with Gasteiger partial charge in [0.2, 0.25) is 0 Å². The largest absolute Gasteiger partial charge is 0.416 e. The van der Waals surface area contributed by atoms with E-state index in [-0.39, 0.29) is 41.6 Å². The van der Waals surface area contributed by atoms with E-state index in [0.29, 0.717) is 30.3 Å². The SMILES string of the molecule is CC1(NCc2cc3c(c(C(F)(F)F)c2)CN(c2cccc([C@@H](c4ncn[nH]4)C4COC4)c2)C3=O)CCC1. The van der Waals surface area contributed by atoms with E-state index < -0.39 is 17.6 Å². The first-order valence-corrected chi connectivity index (χ1v) is 12.5. The zero-order chi connectivity index (χ0) is 25.8. The van der Waals surface area contributed by atoms with Gasteiger partial charge in [0.15, 0.2) is 0 Å². The van der Waals surface area contributed by atoms with Crippen LogP contribution in [0.2, 0.25) is 0 Å². The van der Waals surface area contributed by atoms with E-state index in [1.54, 1.807) is 12.1 Å². The summed E-state index contributed by atoms with van der Waals surface area (Å²) in [5.74, 6) is 0.349. The molecule has 1 atom stereocenters. The van der Waals surface area contributed by atoms with Crippen LogP contribution in [0, 0.1) is 5.92 Å². The van der Waals surface area contributed by atoms with E-state index in [4.69, 9.17) is 4.74 Å². The topological polar surface area (TPSA) is 83.1 Å². The van der Waals surface area contributed by atoms with Gasteiger partial charge in [-0.3, -0.25) is 9.89 Å². The molecule has 0 radical (unpaired) electrons. The van der Waals surface area contributed by atoms with Crippen molar-refractivity contribution >= 4 is 11.6 Å². The molecular formula is C27H28F3N5O2. The second-order valence-electron chi connectivity index (χ2n) is 10.6. The van der Waals surface area contributed by atoms with Crippen molar-refractivity contribution in [2.45, 2.75) is 56.9 Å². The highest BCUT2D eigenvalue weighted by Gasteiger charge is 2.41. The van der Waals surface area contributed by atoms with E-state index in [0.717, 1.165) is 24.8 Å². The van der Waals surface area contributed by atoms with Gasteiger partial charge in [0.05, 0.1) is 31.2 Å². The summed E-state index contributed by atoms with van der Waals surface area (Å²) in [5.41, 5.74) is 1.28. The van der Waals surface area contributed by atoms with Crippen molar-refractivity contribution in [1.82, 2.24) is 20.5 Å². The van der Waals surface area contributed by atoms with Crippen molar-refractivity contribution in [3.63, 3.8) is 0 Å². The first-order valence-electron chi connectivity index (χ1n) is 12.5. The number of ether oxygens (including phenoxy) is 1. The maximum Gasteiger partial charge on any atom is 0.416 e. The number of aromatic nitrogens is 3. The average molecular weight is 512 g/mol. The minimum atomic E-state index is -4.56. The van der Waals surface area contributed by atoms with Gasteiger partial charge in [0.1, 0.15) is 12.2 Å². The van der Waals surface area contributed by atoms with Crippen molar-refractivity contribution in [3.05, 3.63) is 76.4 Å². The number of nitrogens with one attached hydrogen (secondary N) is 2. The number of anilines is 1. The van der Waals surface area contributed by atoms with Crippen LogP contribution in [0.4, 0.5) is 18.9 Å². The number of aromatic amines is 1. The molecule has 1 saturated heterocycles. The molecule has 0 unspecified atom stereocenters. The molecule has 3 heterocycles. The fourth-order valence-corrected chi connectivity index (χ4v) is 5.58. The van der Waals surface area contributed by atoms with Crippen LogP contribution in [0.5, 0.6) is 0 Å². The second-order valence-corrected chi connectivity index (χ2v) is 10.6. The van der Waals surface area contributed by atoms with E-state index in [9.17, 15) is 18.0 Å². The molecule has 194 valence electrons. The van der Waals surface area contributed by atoms with Gasteiger partial charge in [-0.15, -0.1) is 0 Å². The van der Waals surface area contributed by atoms with Crippen LogP contribution >= 0.6 is 0 Å². The summed E-state index contributed by atoms with van der Waals surface area (Å²) >= 11 is 0. The van der Waals surface area contributed by atoms with E-state index in [1.807, 2.05) is 18.2 Å². The van der Waals surface area contributed by atoms with Crippen molar-refractivity contribution < 1.29 is 22.7 Å². The molecular weight excluding hydrogens is 483 g/mol. The third-order valence-electron chi connectivity index (χ3n) is 7.99. The monoisotopic (exact) mass is 511 g/mol. The van der Waals surface area contributed by atoms with Gasteiger partial charge in [-0.25, -0.2) is 4.98 Å². The van der Waals surface area contributed by atoms with E-state index in [1.165, 1.54) is 17.3 Å². The Balaban J connectivity index is 1.32. The maximum atomic E-state index is 14.1. The molecule has 2 N–H and O–H groups in total. The number of carbonyl (C=O) groups excluding carboxylic acids is 1. The van der Waals surface area contributed by atoms with Gasteiger partial charge in [-0.1, -0.05) is 12.1 Å². The highest BCUT2D eigenvalue weighted by molar-refractivity contribution is 6.10. The Morgan fingerprint density at radius 3 is 2.68 bits per heavy atom. The highest BCUT2D eigenvalue weighted by Crippen LogP contribution is 2.41. The van der Waals surface area contributed by atoms with Gasteiger partial charge in [0, 0.05) is 29.3 Å². The van der Waals surface area contributed by atoms with Crippen molar-refractivity contribution in [3.8, 4) is 0 Å². The Morgan fingerprint density at radius 1 is 1.24 bits per heavy atom. The van der Waals surface area contributed by atoms with Gasteiger partial charge in [-0.05, 0) is 67.1 Å². The Bertz CT molecular complexity index is 1320. The van der Waals surface area contributed by atoms with Crippen LogP contribution in [0.25, 0.3) is 0 Å². The molecule has 2 aliphatic heterocycles. The van der Waals surface area contributed by atoms with Gasteiger partial charge in [0.25, 0.3) is 5.91 Å². The summed E-state index contributed by atoms with van der Waals surface area (Å²) in [7, 11) is 0. The predicted octanol–water partition coefficient (Wildman–Crippen LogP) is 4.79. The number of halogens is 3. The molecule has 37 heavy (non-hydrogen) atoms. The number of nitrogens with zero attached hydrogens (tertiary/aromatic N) is 3. The molecule has 0 spiro atoms. The standard InChI is InChI=1S/C27H28F3N5O2/c1-26(6-3-7-26)32-11-16-8-20-21(22(9-16)27(28,29)30)12-35(25(20)36)19-5-2-4-17(10-19)23(18-13-37-14-18)24-31-15-33-34-24/h2,4-5,8-10,15,18,23,32H,3,6-7,11-14H2,1H3,(H,31,33,34)/t23-/m1/s1. The predicted molar refractivity (Wildman–Crippen MR) is 130 cm³/mol. The lowest BCUT2D eigenvalue weighted by Gasteiger charge is -2.39. The third kappa shape index (κ3) is 4.42. The first kappa shape index (κ1) is 24.1. The molecule has 2 fully saturated rings. The Morgan fingerprint density at radius 2 is 2.05 bits per heavy atom. The summed E-state index contributed by atoms with van der Waals surface area (Å²) < 4.78 is 47.7. The van der Waals surface area contributed by atoms with Crippen molar-refractivity contribution in [2.75, 3.05) is 18.1 Å². The number of fused-ring (bicyclic) bond motifs is 1. The molecule has 1 amide bonds. The molecule has 1 aliphatic carbocycles. The first-order chi connectivity index (χ1) is 17.7. The smallest absolute Gasteiger partial charge is 0.381 e. The van der Waals surface area contributed by atoms with Crippen LogP contribution < -0.4 is 10.2 Å². The Labute approximate surface area is 212 Å². The number of alkyl halides is 3. The zero-order valence-electron chi connectivity index (χ0n) is 20.4. The van der Waals surface area contributed by atoms with Gasteiger partial charge >= 0.3 is 6.18 Å². The summed E-state index contributed by atoms with van der Waals surface area (Å²) in [4.78, 5) is 19.3. The summed E-state index contributed by atoms with van der Waals surface area (Å²) in [6.45, 7) is 3.40. The van der Waals surface area contributed by atoms with Crippen LogP contribution in [-0.4, -0.2) is 39.8 Å². The second kappa shape index (κ2) is 8.95. The minimum Gasteiger partial charge on any atom is -0.381 e. The number of carbonyl (C=O) groups is 1. The van der Waals surface area contributed by atoms with E-state index in [2.05, 4.69) is 27.4 Å². The molecule has 7 nitrogen and oxygen atoms in total. The van der Waals surface area contributed by atoms with Crippen molar-refractivity contribution in [1.29, 1.82) is 0 Å². The lowest BCUT2D eigenvalue weighted by Crippen LogP contribution is -2.47. The van der Waals surface area contributed by atoms with Crippen molar-refractivity contribution in [2.24, 2.45) is 5.92 Å². The number of H-pyrrole nitrogens is 1. The summed E-state index contributed by atoms with van der Waals surface area (Å²) in [5, 5.41) is 10.3. The lowest BCUT2D eigenvalue weighted by molar-refractivity contribution is -0.138. The number of amides is 1. The fourth-order valence-electron chi connectivity index (χ4n) is 5.58. The molecule has 0 bridgehead atoms. The molecule has 1 saturated carbocycles. The van der Waals surface area contributed by atoms with Crippen LogP contribution in [0.3, 0.4) is 0 Å². The third-order valence-corrected chi connectivity index (χ3v) is 7.99. The quantitative estimate of drug-likeness (QED) is 0.477. The number of rotatable bonds is 7. The van der Waals surface area contributed by atoms with E-state index >= 15 is 0 Å². The normalized spacial score (nSPS) is 19.9. The molecule has 10 heteroatoms. The Hall–Kier alpha value is -3.24. The molecule has 3 aromatic rings. The molecule has 1 aromatic heterocycles. The average Bonchev–Trinajstić information content (AvgIpc) is 3.46. The van der Waals surface area contributed by atoms with Crippen LogP contribution in [-0.2, 0) is 24.0 Å². The highest BCUT2D eigenvalue weighted by atomic mass is 19.4.